The number of nitrogens with one attached hydrogen (secondary N) is 1. The Balaban J connectivity index is 2.19. The Morgan fingerprint density at radius 1 is 1.53 bits per heavy atom. The van der Waals surface area contributed by atoms with Gasteiger partial charge in [-0.3, -0.25) is 0 Å². The molecule has 3 nitrogen and oxygen atoms in total. The molecular weight excluding hydrogens is 261 g/mol. The molecule has 1 atom stereocenters. The number of benzene rings is 1. The summed E-state index contributed by atoms with van der Waals surface area (Å²) in [5.74, 6) is -0.320. The van der Waals surface area contributed by atoms with Crippen molar-refractivity contribution in [3.63, 3.8) is 0 Å². The van der Waals surface area contributed by atoms with Crippen molar-refractivity contribution in [1.82, 2.24) is 14.9 Å². The van der Waals surface area contributed by atoms with Gasteiger partial charge in [-0.1, -0.05) is 22.2 Å². The molecule has 0 bridgehead atoms. The molecule has 0 saturated heterocycles. The normalized spacial score (nSPS) is 12.6. The van der Waals surface area contributed by atoms with Crippen LogP contribution >= 0.6 is 23.1 Å². The second-order valence-electron chi connectivity index (χ2n) is 3.60. The molecule has 0 fully saturated rings. The summed E-state index contributed by atoms with van der Waals surface area (Å²) in [6.07, 6.45) is 2.41. The van der Waals surface area contributed by atoms with Crippen molar-refractivity contribution in [3.05, 3.63) is 45.7 Å². The minimum absolute atomic E-state index is 0.0953. The lowest BCUT2D eigenvalue weighted by Gasteiger charge is -2.14. The summed E-state index contributed by atoms with van der Waals surface area (Å²) in [5.41, 5.74) is 0.904. The highest BCUT2D eigenvalue weighted by molar-refractivity contribution is 7.05. The maximum Gasteiger partial charge on any atom is 0.124 e. The first-order chi connectivity index (χ1) is 8.20. The van der Waals surface area contributed by atoms with Crippen molar-refractivity contribution >= 4 is 23.1 Å². The molecule has 1 heterocycles. The van der Waals surface area contributed by atoms with Gasteiger partial charge in [-0.2, -0.15) is 0 Å². The smallest absolute Gasteiger partial charge is 0.124 e. The van der Waals surface area contributed by atoms with Crippen LogP contribution in [0, 0.1) is 5.82 Å². The fourth-order valence-electron chi connectivity index (χ4n) is 1.58. The largest absolute Gasteiger partial charge is 0.312 e. The Morgan fingerprint density at radius 3 is 2.94 bits per heavy atom. The molecule has 2 rings (SSSR count). The van der Waals surface area contributed by atoms with Crippen molar-refractivity contribution in [2.45, 2.75) is 12.5 Å². The monoisotopic (exact) mass is 271 g/mol. The third-order valence-electron chi connectivity index (χ3n) is 2.51. The Kier molecular flexibility index (Phi) is 4.04. The summed E-state index contributed by atoms with van der Waals surface area (Å²) >= 11 is 7.34. The van der Waals surface area contributed by atoms with Gasteiger partial charge in [0, 0.05) is 11.1 Å². The molecule has 0 saturated carbocycles. The third kappa shape index (κ3) is 3.00. The summed E-state index contributed by atoms with van der Waals surface area (Å²) in [5, 5.41) is 7.42. The molecule has 0 aliphatic rings. The van der Waals surface area contributed by atoms with E-state index in [-0.39, 0.29) is 11.9 Å². The van der Waals surface area contributed by atoms with E-state index in [1.165, 1.54) is 23.7 Å². The third-order valence-corrected chi connectivity index (χ3v) is 3.64. The van der Waals surface area contributed by atoms with Crippen LogP contribution in [0.1, 0.15) is 16.5 Å². The first-order valence-electron chi connectivity index (χ1n) is 5.09. The molecule has 1 aromatic carbocycles. The lowest BCUT2D eigenvalue weighted by Crippen LogP contribution is -2.17. The van der Waals surface area contributed by atoms with Crippen LogP contribution in [-0.4, -0.2) is 16.6 Å². The van der Waals surface area contributed by atoms with Crippen LogP contribution in [0.5, 0.6) is 0 Å². The quantitative estimate of drug-likeness (QED) is 0.929. The average Bonchev–Trinajstić information content (AvgIpc) is 2.81. The Labute approximate surface area is 108 Å². The van der Waals surface area contributed by atoms with Crippen LogP contribution in [0.25, 0.3) is 0 Å². The highest BCUT2D eigenvalue weighted by Gasteiger charge is 2.14. The minimum Gasteiger partial charge on any atom is -0.312 e. The maximum atomic E-state index is 12.9. The van der Waals surface area contributed by atoms with Crippen molar-refractivity contribution in [3.8, 4) is 0 Å². The van der Waals surface area contributed by atoms with Gasteiger partial charge in [0.25, 0.3) is 0 Å². The molecule has 1 unspecified atom stereocenters. The van der Waals surface area contributed by atoms with Crippen molar-refractivity contribution in [2.24, 2.45) is 0 Å². The second kappa shape index (κ2) is 5.53. The number of aromatic nitrogens is 2. The lowest BCUT2D eigenvalue weighted by molar-refractivity contribution is 0.597. The number of rotatable bonds is 4. The van der Waals surface area contributed by atoms with Gasteiger partial charge < -0.3 is 5.32 Å². The lowest BCUT2D eigenvalue weighted by atomic mass is 10.1. The predicted molar refractivity (Wildman–Crippen MR) is 66.8 cm³/mol. The van der Waals surface area contributed by atoms with E-state index in [0.717, 1.165) is 10.4 Å². The zero-order valence-electron chi connectivity index (χ0n) is 9.15. The maximum absolute atomic E-state index is 12.9. The summed E-state index contributed by atoms with van der Waals surface area (Å²) < 4.78 is 16.8. The first-order valence-corrected chi connectivity index (χ1v) is 6.24. The summed E-state index contributed by atoms with van der Waals surface area (Å²) in [6, 6.07) is 4.54. The molecule has 0 radical (unpaired) electrons. The fourth-order valence-corrected chi connectivity index (χ4v) is 2.44. The second-order valence-corrected chi connectivity index (χ2v) is 4.83. The van der Waals surface area contributed by atoms with Crippen LogP contribution in [-0.2, 0) is 6.42 Å². The van der Waals surface area contributed by atoms with Crippen LogP contribution in [0.15, 0.2) is 24.4 Å². The highest BCUT2D eigenvalue weighted by atomic mass is 35.5. The number of halogens is 2. The van der Waals surface area contributed by atoms with Crippen molar-refractivity contribution < 1.29 is 4.39 Å². The molecule has 17 heavy (non-hydrogen) atoms. The van der Waals surface area contributed by atoms with Gasteiger partial charge in [0.05, 0.1) is 11.1 Å². The SMILES string of the molecule is CNC(Cc1ccc(F)cc1Cl)c1cnns1. The molecular formula is C11H11ClFN3S. The van der Waals surface area contributed by atoms with Crippen LogP contribution in [0.2, 0.25) is 5.02 Å². The Morgan fingerprint density at radius 2 is 2.35 bits per heavy atom. The van der Waals surface area contributed by atoms with Gasteiger partial charge in [-0.25, -0.2) is 4.39 Å². The van der Waals surface area contributed by atoms with E-state index in [4.69, 9.17) is 11.6 Å². The van der Waals surface area contributed by atoms with Gasteiger partial charge in [0.1, 0.15) is 5.82 Å². The van der Waals surface area contributed by atoms with Gasteiger partial charge in [0.15, 0.2) is 0 Å². The standard InChI is InChI=1S/C11H11ClFN3S/c1-14-10(11-6-15-16-17-11)4-7-2-3-8(13)5-9(7)12/h2-3,5-6,10,14H,4H2,1H3. The zero-order chi connectivity index (χ0) is 12.3. The van der Waals surface area contributed by atoms with Gasteiger partial charge in [-0.15, -0.1) is 5.10 Å². The first kappa shape index (κ1) is 12.4. The molecule has 0 amide bonds. The van der Waals surface area contributed by atoms with Gasteiger partial charge in [0.2, 0.25) is 0 Å². The Bertz CT molecular complexity index is 489. The average molecular weight is 272 g/mol. The molecule has 1 N–H and O–H groups in total. The highest BCUT2D eigenvalue weighted by Crippen LogP contribution is 2.25. The minimum atomic E-state index is -0.320. The number of likely N-dealkylation sites (N-methyl/N-ethyl adjacent to an activating group) is 1. The summed E-state index contributed by atoms with van der Waals surface area (Å²) in [4.78, 5) is 1.04. The topological polar surface area (TPSA) is 37.8 Å². The van der Waals surface area contributed by atoms with E-state index in [9.17, 15) is 4.39 Å². The molecule has 6 heteroatoms. The van der Waals surface area contributed by atoms with Gasteiger partial charge >= 0.3 is 0 Å². The van der Waals surface area contributed by atoms with E-state index in [1.807, 2.05) is 7.05 Å². The summed E-state index contributed by atoms with van der Waals surface area (Å²) in [6.45, 7) is 0. The predicted octanol–water partition coefficient (Wildman–Crippen LogP) is 2.83. The van der Waals surface area contributed by atoms with E-state index in [2.05, 4.69) is 14.9 Å². The van der Waals surface area contributed by atoms with E-state index in [0.29, 0.717) is 11.4 Å². The number of hydrogen-bond acceptors (Lipinski definition) is 4. The van der Waals surface area contributed by atoms with Crippen molar-refractivity contribution in [2.75, 3.05) is 7.05 Å². The van der Waals surface area contributed by atoms with E-state index < -0.39 is 0 Å². The zero-order valence-corrected chi connectivity index (χ0v) is 10.7. The molecule has 0 spiro atoms. The molecule has 90 valence electrons. The summed E-state index contributed by atoms with van der Waals surface area (Å²) in [7, 11) is 1.86. The molecule has 0 aliphatic carbocycles. The van der Waals surface area contributed by atoms with Crippen LogP contribution < -0.4 is 5.32 Å². The molecule has 2 aromatic rings. The van der Waals surface area contributed by atoms with E-state index >= 15 is 0 Å². The number of hydrogen-bond donors (Lipinski definition) is 1. The fraction of sp³-hybridized carbons (Fsp3) is 0.273. The van der Waals surface area contributed by atoms with Crippen LogP contribution in [0.3, 0.4) is 0 Å². The molecule has 1 aromatic heterocycles. The van der Waals surface area contributed by atoms with Crippen molar-refractivity contribution in [1.29, 1.82) is 0 Å². The van der Waals surface area contributed by atoms with E-state index in [1.54, 1.807) is 12.3 Å². The van der Waals surface area contributed by atoms with Gasteiger partial charge in [-0.05, 0) is 42.7 Å². The Hall–Kier alpha value is -1.04. The number of nitrogens with zero attached hydrogens (tertiary/aromatic N) is 2. The van der Waals surface area contributed by atoms with Crippen LogP contribution in [0.4, 0.5) is 4.39 Å². The molecule has 0 aliphatic heterocycles.